The molecule has 88 valence electrons. The zero-order chi connectivity index (χ0) is 12.3. The molecule has 0 aromatic heterocycles. The number of rotatable bonds is 4. The maximum Gasteiger partial charge on any atom is 0.305 e. The lowest BCUT2D eigenvalue weighted by atomic mass is 10.0. The molecule has 0 spiro atoms. The van der Waals surface area contributed by atoms with Crippen LogP contribution in [0.15, 0.2) is 12.1 Å². The van der Waals surface area contributed by atoms with Crippen LogP contribution in [0, 0.1) is 5.82 Å². The van der Waals surface area contributed by atoms with Gasteiger partial charge in [-0.2, -0.15) is 0 Å². The average Bonchev–Trinajstić information content (AvgIpc) is 2.14. The SMILES string of the molecule is COc1cc(F)cc(O)c1C(N)CC(=O)O. The maximum absolute atomic E-state index is 12.9. The van der Waals surface area contributed by atoms with Crippen molar-refractivity contribution >= 4 is 5.97 Å². The molecule has 0 aliphatic heterocycles. The second-order valence-electron chi connectivity index (χ2n) is 3.25. The average molecular weight is 229 g/mol. The van der Waals surface area contributed by atoms with Crippen molar-refractivity contribution in [3.63, 3.8) is 0 Å². The lowest BCUT2D eigenvalue weighted by molar-refractivity contribution is -0.137. The number of nitrogens with two attached hydrogens (primary N) is 1. The molecule has 4 N–H and O–H groups in total. The molecule has 0 radical (unpaired) electrons. The summed E-state index contributed by atoms with van der Waals surface area (Å²) in [4.78, 5) is 10.5. The van der Waals surface area contributed by atoms with Gasteiger partial charge >= 0.3 is 5.97 Å². The molecule has 0 bridgehead atoms. The van der Waals surface area contributed by atoms with Crippen LogP contribution in [0.3, 0.4) is 0 Å². The van der Waals surface area contributed by atoms with Gasteiger partial charge in [-0.25, -0.2) is 4.39 Å². The van der Waals surface area contributed by atoms with E-state index in [9.17, 15) is 14.3 Å². The minimum atomic E-state index is -1.11. The molecule has 0 fully saturated rings. The van der Waals surface area contributed by atoms with Gasteiger partial charge in [0, 0.05) is 18.2 Å². The highest BCUT2D eigenvalue weighted by Crippen LogP contribution is 2.34. The molecule has 1 aromatic carbocycles. The molecule has 1 unspecified atom stereocenters. The van der Waals surface area contributed by atoms with Crippen LogP contribution in [-0.4, -0.2) is 23.3 Å². The number of hydrogen-bond donors (Lipinski definition) is 3. The van der Waals surface area contributed by atoms with E-state index in [4.69, 9.17) is 15.6 Å². The van der Waals surface area contributed by atoms with E-state index in [1.807, 2.05) is 0 Å². The first kappa shape index (κ1) is 12.3. The van der Waals surface area contributed by atoms with Crippen molar-refractivity contribution in [3.8, 4) is 11.5 Å². The normalized spacial score (nSPS) is 12.2. The lowest BCUT2D eigenvalue weighted by Crippen LogP contribution is -2.16. The van der Waals surface area contributed by atoms with E-state index in [1.54, 1.807) is 0 Å². The van der Waals surface area contributed by atoms with Crippen molar-refractivity contribution in [2.45, 2.75) is 12.5 Å². The van der Waals surface area contributed by atoms with Gasteiger partial charge in [0.2, 0.25) is 0 Å². The van der Waals surface area contributed by atoms with Gasteiger partial charge in [0.25, 0.3) is 0 Å². The Kier molecular flexibility index (Phi) is 3.68. The van der Waals surface area contributed by atoms with E-state index in [1.165, 1.54) is 7.11 Å². The van der Waals surface area contributed by atoms with Crippen LogP contribution in [-0.2, 0) is 4.79 Å². The summed E-state index contributed by atoms with van der Waals surface area (Å²) >= 11 is 0. The number of aromatic hydroxyl groups is 1. The van der Waals surface area contributed by atoms with Crippen molar-refractivity contribution in [2.75, 3.05) is 7.11 Å². The first-order chi connectivity index (χ1) is 7.45. The molecule has 1 aromatic rings. The second-order valence-corrected chi connectivity index (χ2v) is 3.25. The summed E-state index contributed by atoms with van der Waals surface area (Å²) in [7, 11) is 1.28. The molecule has 0 heterocycles. The van der Waals surface area contributed by atoms with Crippen LogP contribution in [0.5, 0.6) is 11.5 Å². The Morgan fingerprint density at radius 3 is 2.75 bits per heavy atom. The fraction of sp³-hybridized carbons (Fsp3) is 0.300. The highest BCUT2D eigenvalue weighted by atomic mass is 19.1. The first-order valence-corrected chi connectivity index (χ1v) is 4.49. The van der Waals surface area contributed by atoms with Crippen LogP contribution in [0.2, 0.25) is 0 Å². The van der Waals surface area contributed by atoms with Gasteiger partial charge in [-0.05, 0) is 0 Å². The Labute approximate surface area is 91.3 Å². The summed E-state index contributed by atoms with van der Waals surface area (Å²) in [5, 5.41) is 18.1. The fourth-order valence-electron chi connectivity index (χ4n) is 1.41. The van der Waals surface area contributed by atoms with Crippen molar-refractivity contribution in [3.05, 3.63) is 23.5 Å². The van der Waals surface area contributed by atoms with E-state index in [-0.39, 0.29) is 17.7 Å². The number of phenolic OH excluding ortho intramolecular Hbond substituents is 1. The van der Waals surface area contributed by atoms with E-state index in [2.05, 4.69) is 0 Å². The van der Waals surface area contributed by atoms with Crippen LogP contribution < -0.4 is 10.5 Å². The van der Waals surface area contributed by atoms with E-state index < -0.39 is 23.6 Å². The third-order valence-electron chi connectivity index (χ3n) is 2.07. The first-order valence-electron chi connectivity index (χ1n) is 4.49. The van der Waals surface area contributed by atoms with Gasteiger partial charge in [-0.15, -0.1) is 0 Å². The highest BCUT2D eigenvalue weighted by Gasteiger charge is 2.20. The Morgan fingerprint density at radius 1 is 1.62 bits per heavy atom. The monoisotopic (exact) mass is 229 g/mol. The molecular formula is C10H12FNO4. The molecule has 1 atom stereocenters. The van der Waals surface area contributed by atoms with Crippen LogP contribution in [0.25, 0.3) is 0 Å². The molecule has 0 saturated carbocycles. The topological polar surface area (TPSA) is 92.8 Å². The minimum absolute atomic E-state index is 0.0336. The number of phenols is 1. The van der Waals surface area contributed by atoms with Gasteiger partial charge in [0.1, 0.15) is 17.3 Å². The molecule has 0 aliphatic rings. The van der Waals surface area contributed by atoms with Crippen LogP contribution in [0.4, 0.5) is 4.39 Å². The largest absolute Gasteiger partial charge is 0.507 e. The quantitative estimate of drug-likeness (QED) is 0.716. The molecule has 0 aliphatic carbocycles. The second kappa shape index (κ2) is 4.80. The number of carboxylic acid groups (broad SMARTS) is 1. The Bertz CT molecular complexity index is 408. The van der Waals surface area contributed by atoms with Crippen molar-refractivity contribution in [1.82, 2.24) is 0 Å². The number of methoxy groups -OCH3 is 1. The molecule has 16 heavy (non-hydrogen) atoms. The van der Waals surface area contributed by atoms with Crippen LogP contribution >= 0.6 is 0 Å². The van der Waals surface area contributed by atoms with Crippen LogP contribution in [0.1, 0.15) is 18.0 Å². The number of benzene rings is 1. The summed E-state index contributed by atoms with van der Waals surface area (Å²) in [6.07, 6.45) is -0.379. The predicted molar refractivity (Wildman–Crippen MR) is 53.8 cm³/mol. The maximum atomic E-state index is 12.9. The highest BCUT2D eigenvalue weighted by molar-refractivity contribution is 5.68. The zero-order valence-corrected chi connectivity index (χ0v) is 8.61. The molecule has 1 rings (SSSR count). The number of hydrogen-bond acceptors (Lipinski definition) is 4. The predicted octanol–water partition coefficient (Wildman–Crippen LogP) is 1.01. The van der Waals surface area contributed by atoms with E-state index >= 15 is 0 Å². The summed E-state index contributed by atoms with van der Waals surface area (Å²) in [6, 6.07) is 0.948. The number of ether oxygens (including phenoxy) is 1. The number of carboxylic acids is 1. The smallest absolute Gasteiger partial charge is 0.305 e. The van der Waals surface area contributed by atoms with Crippen molar-refractivity contribution in [2.24, 2.45) is 5.73 Å². The summed E-state index contributed by atoms with van der Waals surface area (Å²) in [5.74, 6) is -2.17. The molecule has 0 saturated heterocycles. The Morgan fingerprint density at radius 2 is 2.25 bits per heavy atom. The van der Waals surface area contributed by atoms with Gasteiger partial charge in [0.05, 0.1) is 19.1 Å². The molecule has 0 amide bonds. The third kappa shape index (κ3) is 2.60. The fourth-order valence-corrected chi connectivity index (χ4v) is 1.41. The summed E-state index contributed by atoms with van der Waals surface area (Å²) in [5.41, 5.74) is 5.67. The van der Waals surface area contributed by atoms with E-state index in [0.717, 1.165) is 12.1 Å². The van der Waals surface area contributed by atoms with E-state index in [0.29, 0.717) is 0 Å². The van der Waals surface area contributed by atoms with Gasteiger partial charge in [-0.3, -0.25) is 4.79 Å². The van der Waals surface area contributed by atoms with Gasteiger partial charge < -0.3 is 20.7 Å². The summed E-state index contributed by atoms with van der Waals surface area (Å²) < 4.78 is 17.8. The number of aliphatic carboxylic acids is 1. The molecule has 5 nitrogen and oxygen atoms in total. The minimum Gasteiger partial charge on any atom is -0.507 e. The summed E-state index contributed by atoms with van der Waals surface area (Å²) in [6.45, 7) is 0. The van der Waals surface area contributed by atoms with Gasteiger partial charge in [-0.1, -0.05) is 0 Å². The van der Waals surface area contributed by atoms with Crippen molar-refractivity contribution < 1.29 is 24.1 Å². The third-order valence-corrected chi connectivity index (χ3v) is 2.07. The van der Waals surface area contributed by atoms with Crippen molar-refractivity contribution in [1.29, 1.82) is 0 Å². The Balaban J connectivity index is 3.15. The Hall–Kier alpha value is -1.82. The zero-order valence-electron chi connectivity index (χ0n) is 8.61. The molecule has 6 heteroatoms. The lowest BCUT2D eigenvalue weighted by Gasteiger charge is -2.15. The standard InChI is InChI=1S/C10H12FNO4/c1-16-8-3-5(11)2-7(13)10(8)6(12)4-9(14)15/h2-3,6,13H,4,12H2,1H3,(H,14,15). The van der Waals surface area contributed by atoms with Gasteiger partial charge in [0.15, 0.2) is 0 Å². The molecular weight excluding hydrogens is 217 g/mol. The number of carbonyl (C=O) groups is 1. The number of halogens is 1.